The van der Waals surface area contributed by atoms with E-state index in [4.69, 9.17) is 4.99 Å². The molecule has 0 bridgehead atoms. The van der Waals surface area contributed by atoms with Crippen molar-refractivity contribution in [3.63, 3.8) is 0 Å². The minimum absolute atomic E-state index is 0. The number of rotatable bonds is 8. The molecule has 1 amide bonds. The monoisotopic (exact) mass is 524 g/mol. The Morgan fingerprint density at radius 1 is 1.14 bits per heavy atom. The van der Waals surface area contributed by atoms with Crippen molar-refractivity contribution in [2.75, 3.05) is 37.7 Å². The van der Waals surface area contributed by atoms with Gasteiger partial charge < -0.3 is 15.5 Å². The van der Waals surface area contributed by atoms with Gasteiger partial charge in [0.2, 0.25) is 5.91 Å². The minimum atomic E-state index is 0. The molecule has 1 saturated heterocycles. The molecule has 0 unspecified atom stereocenters. The van der Waals surface area contributed by atoms with Gasteiger partial charge in [0.15, 0.2) is 5.96 Å². The van der Waals surface area contributed by atoms with Crippen LogP contribution in [0.2, 0.25) is 0 Å². The van der Waals surface area contributed by atoms with Gasteiger partial charge in [0.1, 0.15) is 0 Å². The molecule has 28 heavy (non-hydrogen) atoms. The number of unbranched alkanes of at least 4 members (excludes halogenated alkanes) is 1. The summed E-state index contributed by atoms with van der Waals surface area (Å²) < 4.78 is 0. The van der Waals surface area contributed by atoms with Crippen molar-refractivity contribution < 1.29 is 4.79 Å². The zero-order valence-corrected chi connectivity index (χ0v) is 21.2. The topological polar surface area (TPSA) is 56.7 Å². The van der Waals surface area contributed by atoms with E-state index in [-0.39, 0.29) is 29.9 Å². The van der Waals surface area contributed by atoms with Crippen LogP contribution in [-0.4, -0.2) is 60.5 Å². The molecule has 0 radical (unpaired) electrons. The van der Waals surface area contributed by atoms with E-state index in [0.717, 1.165) is 81.7 Å². The third-order valence-electron chi connectivity index (χ3n) is 5.54. The van der Waals surface area contributed by atoms with Gasteiger partial charge in [0, 0.05) is 49.6 Å². The van der Waals surface area contributed by atoms with Crippen LogP contribution in [0.15, 0.2) is 4.99 Å². The van der Waals surface area contributed by atoms with E-state index >= 15 is 0 Å². The Hall–Kier alpha value is -0.180. The maximum absolute atomic E-state index is 12.7. The number of carbonyl (C=O) groups is 1. The quantitative estimate of drug-likeness (QED) is 0.217. The van der Waals surface area contributed by atoms with Crippen LogP contribution in [0.5, 0.6) is 0 Å². The van der Waals surface area contributed by atoms with Crippen LogP contribution in [-0.2, 0) is 4.79 Å². The molecule has 0 aromatic carbocycles. The van der Waals surface area contributed by atoms with Gasteiger partial charge in [-0.2, -0.15) is 11.8 Å². The van der Waals surface area contributed by atoms with Gasteiger partial charge in [-0.1, -0.05) is 26.7 Å². The fourth-order valence-electron chi connectivity index (χ4n) is 3.90. The summed E-state index contributed by atoms with van der Waals surface area (Å²) in [4.78, 5) is 19.5. The maximum Gasteiger partial charge on any atom is 0.225 e. The summed E-state index contributed by atoms with van der Waals surface area (Å²) >= 11 is 1.96. The van der Waals surface area contributed by atoms with Gasteiger partial charge in [-0.25, -0.2) is 0 Å². The predicted octanol–water partition coefficient (Wildman–Crippen LogP) is 4.12. The van der Waals surface area contributed by atoms with E-state index in [1.165, 1.54) is 12.8 Å². The zero-order valence-electron chi connectivity index (χ0n) is 18.0. The predicted molar refractivity (Wildman–Crippen MR) is 133 cm³/mol. The van der Waals surface area contributed by atoms with Gasteiger partial charge >= 0.3 is 0 Å². The van der Waals surface area contributed by atoms with Gasteiger partial charge in [-0.3, -0.25) is 9.79 Å². The summed E-state index contributed by atoms with van der Waals surface area (Å²) in [7, 11) is 0. The number of hydrogen-bond donors (Lipinski definition) is 2. The highest BCUT2D eigenvalue weighted by Gasteiger charge is 2.30. The fraction of sp³-hybridized carbons (Fsp3) is 0.905. The molecule has 1 saturated carbocycles. The van der Waals surface area contributed by atoms with Crippen molar-refractivity contribution in [1.29, 1.82) is 0 Å². The second kappa shape index (κ2) is 14.7. The van der Waals surface area contributed by atoms with E-state index in [0.29, 0.717) is 11.9 Å². The lowest BCUT2D eigenvalue weighted by molar-refractivity contribution is -0.136. The first kappa shape index (κ1) is 25.9. The normalized spacial score (nSPS) is 23.3. The number of nitrogens with zero attached hydrogens (tertiary/aromatic N) is 2. The third-order valence-corrected chi connectivity index (χ3v) is 6.49. The van der Waals surface area contributed by atoms with Crippen molar-refractivity contribution in [1.82, 2.24) is 15.5 Å². The minimum Gasteiger partial charge on any atom is -0.357 e. The van der Waals surface area contributed by atoms with Crippen LogP contribution >= 0.6 is 35.7 Å². The van der Waals surface area contributed by atoms with E-state index in [9.17, 15) is 4.79 Å². The first-order chi connectivity index (χ1) is 13.1. The van der Waals surface area contributed by atoms with Crippen molar-refractivity contribution in [3.05, 3.63) is 0 Å². The lowest BCUT2D eigenvalue weighted by atomic mass is 9.85. The summed E-state index contributed by atoms with van der Waals surface area (Å²) in [5, 5.41) is 6.98. The SMILES string of the molecule is CCNC(=NCCCCC(C)C)NC1CCC(C(=O)N2CCSCC2)CC1.I. The van der Waals surface area contributed by atoms with Gasteiger partial charge in [-0.15, -0.1) is 24.0 Å². The second-order valence-electron chi connectivity index (χ2n) is 8.28. The molecule has 0 spiro atoms. The number of carbonyl (C=O) groups excluding carboxylic acids is 1. The summed E-state index contributed by atoms with van der Waals surface area (Å²) in [5.41, 5.74) is 0. The molecule has 2 fully saturated rings. The Balaban J connectivity index is 0.00000392. The van der Waals surface area contributed by atoms with Gasteiger partial charge in [0.25, 0.3) is 0 Å². The summed E-state index contributed by atoms with van der Waals surface area (Å²) in [5.74, 6) is 4.57. The fourth-order valence-corrected chi connectivity index (χ4v) is 4.80. The molecule has 2 N–H and O–H groups in total. The molecule has 1 aliphatic heterocycles. The van der Waals surface area contributed by atoms with Gasteiger partial charge in [-0.05, 0) is 44.9 Å². The highest BCUT2D eigenvalue weighted by Crippen LogP contribution is 2.27. The second-order valence-corrected chi connectivity index (χ2v) is 9.51. The summed E-state index contributed by atoms with van der Waals surface area (Å²) in [6.07, 6.45) is 7.84. The first-order valence-corrected chi connectivity index (χ1v) is 12.2. The van der Waals surface area contributed by atoms with E-state index in [2.05, 4.69) is 36.3 Å². The van der Waals surface area contributed by atoms with Crippen molar-refractivity contribution in [2.24, 2.45) is 16.8 Å². The third kappa shape index (κ3) is 9.55. The first-order valence-electron chi connectivity index (χ1n) is 11.0. The van der Waals surface area contributed by atoms with E-state index in [1.807, 2.05) is 11.8 Å². The van der Waals surface area contributed by atoms with Crippen molar-refractivity contribution in [2.45, 2.75) is 71.8 Å². The zero-order chi connectivity index (χ0) is 19.5. The van der Waals surface area contributed by atoms with Gasteiger partial charge in [0.05, 0.1) is 0 Å². The summed E-state index contributed by atoms with van der Waals surface area (Å²) in [6.45, 7) is 10.3. The maximum atomic E-state index is 12.7. The largest absolute Gasteiger partial charge is 0.357 e. The van der Waals surface area contributed by atoms with Crippen LogP contribution in [0.25, 0.3) is 0 Å². The average molecular weight is 525 g/mol. The van der Waals surface area contributed by atoms with Crippen molar-refractivity contribution in [3.8, 4) is 0 Å². The average Bonchev–Trinajstić information content (AvgIpc) is 2.68. The number of guanidine groups is 1. The van der Waals surface area contributed by atoms with E-state index in [1.54, 1.807) is 0 Å². The molecule has 0 aromatic heterocycles. The number of thioether (sulfide) groups is 1. The Morgan fingerprint density at radius 3 is 2.43 bits per heavy atom. The molecule has 1 aliphatic carbocycles. The number of halogens is 1. The van der Waals surface area contributed by atoms with Crippen LogP contribution < -0.4 is 10.6 Å². The van der Waals surface area contributed by atoms with Crippen LogP contribution in [0.4, 0.5) is 0 Å². The highest BCUT2D eigenvalue weighted by atomic mass is 127. The Morgan fingerprint density at radius 2 is 1.82 bits per heavy atom. The number of hydrogen-bond acceptors (Lipinski definition) is 3. The van der Waals surface area contributed by atoms with Crippen LogP contribution in [0.3, 0.4) is 0 Å². The summed E-state index contributed by atoms with van der Waals surface area (Å²) in [6, 6.07) is 0.444. The lowest BCUT2D eigenvalue weighted by Crippen LogP contribution is -2.47. The Bertz CT molecular complexity index is 461. The molecule has 164 valence electrons. The Kier molecular flexibility index (Phi) is 13.6. The molecule has 7 heteroatoms. The molecule has 0 atom stereocenters. The smallest absolute Gasteiger partial charge is 0.225 e. The molecule has 2 aliphatic rings. The van der Waals surface area contributed by atoms with Crippen LogP contribution in [0.1, 0.15) is 65.7 Å². The molecular formula is C21H41IN4OS. The Labute approximate surface area is 193 Å². The molecule has 2 rings (SSSR count). The molecule has 5 nitrogen and oxygen atoms in total. The van der Waals surface area contributed by atoms with Crippen molar-refractivity contribution >= 4 is 47.6 Å². The lowest BCUT2D eigenvalue weighted by Gasteiger charge is -2.34. The highest BCUT2D eigenvalue weighted by molar-refractivity contribution is 14.0. The van der Waals surface area contributed by atoms with E-state index < -0.39 is 0 Å². The van der Waals surface area contributed by atoms with Crippen LogP contribution in [0, 0.1) is 11.8 Å². The standard InChI is InChI=1S/C21H40N4OS.HI/c1-4-22-21(23-12-6-5-7-17(2)3)24-19-10-8-18(9-11-19)20(26)25-13-15-27-16-14-25;/h17-19H,4-16H2,1-3H3,(H2,22,23,24);1H. The molecule has 1 heterocycles. The molecule has 0 aromatic rings. The number of aliphatic imine (C=N–C) groups is 1. The number of nitrogens with one attached hydrogen (secondary N) is 2. The molecular weight excluding hydrogens is 483 g/mol. The number of amides is 1.